The number of hydrogen-bond acceptors (Lipinski definition) is 1. The normalized spacial score (nSPS) is 10.4. The van der Waals surface area contributed by atoms with Crippen LogP contribution in [-0.4, -0.2) is 5.78 Å². The van der Waals surface area contributed by atoms with E-state index in [9.17, 15) is 4.79 Å². The maximum Gasteiger partial charge on any atom is 0.193 e. The summed E-state index contributed by atoms with van der Waals surface area (Å²) in [6.45, 7) is 2.11. The first-order valence-electron chi connectivity index (χ1n) is 7.48. The van der Waals surface area contributed by atoms with Gasteiger partial charge < -0.3 is 0 Å². The molecule has 108 valence electrons. The average Bonchev–Trinajstić information content (AvgIpc) is 2.58. The molecular formula is C21H18O. The molecule has 3 aromatic carbocycles. The maximum atomic E-state index is 12.7. The van der Waals surface area contributed by atoms with Crippen LogP contribution in [-0.2, 0) is 6.42 Å². The molecule has 1 nitrogen and oxygen atoms in total. The standard InChI is InChI=1S/C21H18O/c1-16-9-5-6-12-18(16)15-19-13-7-8-14-20(19)21(22)17-10-3-2-4-11-17/h2-14H,15H2,1H3. The Kier molecular flexibility index (Phi) is 4.15. The minimum Gasteiger partial charge on any atom is -0.289 e. The molecular weight excluding hydrogens is 268 g/mol. The molecule has 0 spiro atoms. The summed E-state index contributed by atoms with van der Waals surface area (Å²) in [6, 6.07) is 25.7. The van der Waals surface area contributed by atoms with Crippen molar-refractivity contribution >= 4 is 5.78 Å². The van der Waals surface area contributed by atoms with Crippen molar-refractivity contribution in [1.82, 2.24) is 0 Å². The van der Waals surface area contributed by atoms with Crippen molar-refractivity contribution in [3.05, 3.63) is 107 Å². The molecule has 3 rings (SSSR count). The third-order valence-corrected chi connectivity index (χ3v) is 3.94. The summed E-state index contributed by atoms with van der Waals surface area (Å²) in [5.41, 5.74) is 5.11. The van der Waals surface area contributed by atoms with E-state index in [2.05, 4.69) is 19.1 Å². The molecule has 0 N–H and O–H groups in total. The van der Waals surface area contributed by atoms with Gasteiger partial charge in [-0.2, -0.15) is 0 Å². The van der Waals surface area contributed by atoms with Crippen molar-refractivity contribution in [2.45, 2.75) is 13.3 Å². The van der Waals surface area contributed by atoms with E-state index in [0.29, 0.717) is 0 Å². The molecule has 22 heavy (non-hydrogen) atoms. The van der Waals surface area contributed by atoms with E-state index in [-0.39, 0.29) is 5.78 Å². The monoisotopic (exact) mass is 286 g/mol. The van der Waals surface area contributed by atoms with E-state index < -0.39 is 0 Å². The summed E-state index contributed by atoms with van der Waals surface area (Å²) in [5.74, 6) is 0.0878. The second-order valence-electron chi connectivity index (χ2n) is 5.46. The first-order valence-corrected chi connectivity index (χ1v) is 7.48. The third kappa shape index (κ3) is 2.99. The Balaban J connectivity index is 1.97. The van der Waals surface area contributed by atoms with Gasteiger partial charge in [0.15, 0.2) is 5.78 Å². The number of hydrogen-bond donors (Lipinski definition) is 0. The predicted molar refractivity (Wildman–Crippen MR) is 90.3 cm³/mol. The molecule has 0 atom stereocenters. The molecule has 0 bridgehead atoms. The number of carbonyl (C=O) groups is 1. The molecule has 3 aromatic rings. The lowest BCUT2D eigenvalue weighted by molar-refractivity contribution is 0.103. The van der Waals surface area contributed by atoms with Crippen molar-refractivity contribution in [2.75, 3.05) is 0 Å². The number of aryl methyl sites for hydroxylation is 1. The van der Waals surface area contributed by atoms with E-state index >= 15 is 0 Å². The highest BCUT2D eigenvalue weighted by molar-refractivity contribution is 6.09. The van der Waals surface area contributed by atoms with Crippen LogP contribution in [0.5, 0.6) is 0 Å². The number of ketones is 1. The fourth-order valence-electron chi connectivity index (χ4n) is 2.65. The molecule has 0 unspecified atom stereocenters. The largest absolute Gasteiger partial charge is 0.289 e. The van der Waals surface area contributed by atoms with Gasteiger partial charge in [0.1, 0.15) is 0 Å². The highest BCUT2D eigenvalue weighted by Crippen LogP contribution is 2.19. The summed E-state index contributed by atoms with van der Waals surface area (Å²) in [7, 11) is 0. The summed E-state index contributed by atoms with van der Waals surface area (Å²) in [4.78, 5) is 12.7. The molecule has 0 aromatic heterocycles. The van der Waals surface area contributed by atoms with Crippen molar-refractivity contribution in [2.24, 2.45) is 0 Å². The summed E-state index contributed by atoms with van der Waals surface area (Å²) >= 11 is 0. The van der Waals surface area contributed by atoms with Crippen LogP contribution in [0.4, 0.5) is 0 Å². The lowest BCUT2D eigenvalue weighted by Crippen LogP contribution is -2.06. The Morgan fingerprint density at radius 3 is 2.05 bits per heavy atom. The van der Waals surface area contributed by atoms with Crippen LogP contribution in [0.15, 0.2) is 78.9 Å². The van der Waals surface area contributed by atoms with Gasteiger partial charge in [0, 0.05) is 11.1 Å². The number of rotatable bonds is 4. The van der Waals surface area contributed by atoms with Crippen molar-refractivity contribution < 1.29 is 4.79 Å². The Morgan fingerprint density at radius 2 is 1.32 bits per heavy atom. The Labute approximate surface area is 131 Å². The second-order valence-corrected chi connectivity index (χ2v) is 5.46. The summed E-state index contributed by atoms with van der Waals surface area (Å²) in [6.07, 6.45) is 0.779. The van der Waals surface area contributed by atoms with Crippen LogP contribution in [0, 0.1) is 6.92 Å². The second kappa shape index (κ2) is 6.40. The lowest BCUT2D eigenvalue weighted by Gasteiger charge is -2.10. The Bertz CT molecular complexity index is 788. The quantitative estimate of drug-likeness (QED) is 0.629. The molecule has 0 aliphatic rings. The fraction of sp³-hybridized carbons (Fsp3) is 0.0952. The summed E-state index contributed by atoms with van der Waals surface area (Å²) < 4.78 is 0. The molecule has 0 heterocycles. The number of benzene rings is 3. The van der Waals surface area contributed by atoms with Crippen LogP contribution >= 0.6 is 0 Å². The minimum absolute atomic E-state index is 0.0878. The number of carbonyl (C=O) groups excluding carboxylic acids is 1. The molecule has 0 aliphatic carbocycles. The minimum atomic E-state index is 0.0878. The van der Waals surface area contributed by atoms with E-state index in [1.807, 2.05) is 66.7 Å². The van der Waals surface area contributed by atoms with Gasteiger partial charge in [-0.3, -0.25) is 4.79 Å². The molecule has 0 saturated heterocycles. The smallest absolute Gasteiger partial charge is 0.193 e. The van der Waals surface area contributed by atoms with Gasteiger partial charge in [-0.05, 0) is 30.0 Å². The van der Waals surface area contributed by atoms with Crippen molar-refractivity contribution in [3.63, 3.8) is 0 Å². The van der Waals surface area contributed by atoms with Gasteiger partial charge in [0.25, 0.3) is 0 Å². The molecule has 1 heteroatoms. The zero-order valence-corrected chi connectivity index (χ0v) is 12.6. The van der Waals surface area contributed by atoms with Gasteiger partial charge >= 0.3 is 0 Å². The molecule has 0 amide bonds. The van der Waals surface area contributed by atoms with E-state index in [1.165, 1.54) is 11.1 Å². The van der Waals surface area contributed by atoms with Gasteiger partial charge in [-0.1, -0.05) is 78.9 Å². The summed E-state index contributed by atoms with van der Waals surface area (Å²) in [5, 5.41) is 0. The van der Waals surface area contributed by atoms with Crippen LogP contribution in [0.3, 0.4) is 0 Å². The van der Waals surface area contributed by atoms with Crippen LogP contribution in [0.1, 0.15) is 32.6 Å². The zero-order chi connectivity index (χ0) is 15.4. The molecule has 0 saturated carbocycles. The highest BCUT2D eigenvalue weighted by atomic mass is 16.1. The highest BCUT2D eigenvalue weighted by Gasteiger charge is 2.13. The molecule has 0 radical (unpaired) electrons. The van der Waals surface area contributed by atoms with Crippen LogP contribution in [0.2, 0.25) is 0 Å². The van der Waals surface area contributed by atoms with E-state index in [4.69, 9.17) is 0 Å². The van der Waals surface area contributed by atoms with Crippen LogP contribution in [0.25, 0.3) is 0 Å². The average molecular weight is 286 g/mol. The van der Waals surface area contributed by atoms with Crippen molar-refractivity contribution in [3.8, 4) is 0 Å². The Morgan fingerprint density at radius 1 is 0.727 bits per heavy atom. The first kappa shape index (κ1) is 14.3. The molecule has 0 aliphatic heterocycles. The molecule has 0 fully saturated rings. The lowest BCUT2D eigenvalue weighted by atomic mass is 9.93. The van der Waals surface area contributed by atoms with Gasteiger partial charge in [0.05, 0.1) is 0 Å². The Hall–Kier alpha value is -2.67. The van der Waals surface area contributed by atoms with Crippen molar-refractivity contribution in [1.29, 1.82) is 0 Å². The SMILES string of the molecule is Cc1ccccc1Cc1ccccc1C(=O)c1ccccc1. The zero-order valence-electron chi connectivity index (χ0n) is 12.6. The van der Waals surface area contributed by atoms with Gasteiger partial charge in [0.2, 0.25) is 0 Å². The fourth-order valence-corrected chi connectivity index (χ4v) is 2.65. The van der Waals surface area contributed by atoms with Gasteiger partial charge in [-0.15, -0.1) is 0 Å². The van der Waals surface area contributed by atoms with E-state index in [0.717, 1.165) is 23.1 Å². The predicted octanol–water partition coefficient (Wildman–Crippen LogP) is 4.82. The third-order valence-electron chi connectivity index (χ3n) is 3.94. The first-order chi connectivity index (χ1) is 10.8. The maximum absolute atomic E-state index is 12.7. The van der Waals surface area contributed by atoms with Crippen LogP contribution < -0.4 is 0 Å². The van der Waals surface area contributed by atoms with Gasteiger partial charge in [-0.25, -0.2) is 0 Å². The topological polar surface area (TPSA) is 17.1 Å². The van der Waals surface area contributed by atoms with E-state index in [1.54, 1.807) is 0 Å².